The van der Waals surface area contributed by atoms with Gasteiger partial charge in [-0.25, -0.2) is 4.98 Å². The van der Waals surface area contributed by atoms with Crippen molar-refractivity contribution in [3.05, 3.63) is 98.6 Å². The molecular weight excluding hydrogens is 897 g/mol. The number of nitrogens with one attached hydrogen (secondary N) is 2. The number of hydrogen-bond donors (Lipinski definition) is 3. The van der Waals surface area contributed by atoms with E-state index in [9.17, 15) is 29.1 Å². The van der Waals surface area contributed by atoms with E-state index < -0.39 is 36.7 Å². The second-order valence-corrected chi connectivity index (χ2v) is 19.8. The highest BCUT2D eigenvalue weighted by Gasteiger charge is 2.45. The van der Waals surface area contributed by atoms with Crippen LogP contribution in [0.1, 0.15) is 102 Å². The first-order chi connectivity index (χ1) is 34.7. The van der Waals surface area contributed by atoms with E-state index in [1.807, 2.05) is 18.2 Å². The number of nitrogens with zero attached hydrogens (tertiary/aromatic N) is 8. The Labute approximate surface area is 407 Å². The zero-order chi connectivity index (χ0) is 50.0. The molecule has 11 rings (SSSR count). The zero-order valence-electron chi connectivity index (χ0n) is 41.2. The van der Waals surface area contributed by atoms with Crippen molar-refractivity contribution >= 4 is 69.6 Å². The normalized spacial score (nSPS) is 21.9. The molecular formula is C51H54N10O7S. The van der Waals surface area contributed by atoms with E-state index in [4.69, 9.17) is 18.8 Å². The lowest BCUT2D eigenvalue weighted by Gasteiger charge is -2.46. The molecule has 18 heteroatoms. The molecule has 9 heterocycles. The van der Waals surface area contributed by atoms with Crippen molar-refractivity contribution in [2.24, 2.45) is 0 Å². The second kappa shape index (κ2) is 18.3. The number of aliphatic hydroxyl groups excluding tert-OH is 1. The van der Waals surface area contributed by atoms with Crippen LogP contribution in [0.3, 0.4) is 0 Å². The number of amides is 5. The Bertz CT molecular complexity index is 3020. The van der Waals surface area contributed by atoms with Crippen molar-refractivity contribution in [3.63, 3.8) is 0 Å². The molecule has 0 spiro atoms. The molecule has 6 aliphatic rings. The van der Waals surface area contributed by atoms with Gasteiger partial charge in [-0.15, -0.1) is 11.3 Å². The molecule has 5 amide bonds. The molecule has 0 bridgehead atoms. The Hall–Kier alpha value is -6.76. The Balaban J connectivity index is 0.769. The maximum absolute atomic E-state index is 14.4. The fourth-order valence-electron chi connectivity index (χ4n) is 11.2. The number of aryl methyl sites for hydroxylation is 1. The molecule has 1 unspecified atom stereocenters. The molecule has 5 aromatic rings. The third-order valence-electron chi connectivity index (χ3n) is 14.8. The van der Waals surface area contributed by atoms with Gasteiger partial charge < -0.3 is 25.0 Å². The predicted octanol–water partition coefficient (Wildman–Crippen LogP) is 5.51. The zero-order valence-corrected chi connectivity index (χ0v) is 39.0. The molecule has 69 heavy (non-hydrogen) atoms. The summed E-state index contributed by atoms with van der Waals surface area (Å²) < 4.78 is 29.8. The van der Waals surface area contributed by atoms with Crippen LogP contribution in [0.4, 0.5) is 28.7 Å². The summed E-state index contributed by atoms with van der Waals surface area (Å²) in [5.74, 6) is -1.85. The molecule has 3 fully saturated rings. The quantitative estimate of drug-likeness (QED) is 0.149. The van der Waals surface area contributed by atoms with Gasteiger partial charge in [0.05, 0.1) is 45.6 Å². The Morgan fingerprint density at radius 3 is 2.45 bits per heavy atom. The highest BCUT2D eigenvalue weighted by atomic mass is 32.1. The Morgan fingerprint density at radius 1 is 0.841 bits per heavy atom. The molecule has 0 saturated carbocycles. The number of fused-ring (bicyclic) bond motifs is 4. The number of benzene rings is 1. The van der Waals surface area contributed by atoms with Crippen LogP contribution in [0.5, 0.6) is 5.88 Å². The third-order valence-corrected chi connectivity index (χ3v) is 16.1. The molecule has 356 valence electrons. The summed E-state index contributed by atoms with van der Waals surface area (Å²) in [4.78, 5) is 90.9. The van der Waals surface area contributed by atoms with Crippen LogP contribution in [0.15, 0.2) is 61.1 Å². The average Bonchev–Trinajstić information content (AvgIpc) is 3.88. The summed E-state index contributed by atoms with van der Waals surface area (Å²) in [6, 6.07) is 12.1. The van der Waals surface area contributed by atoms with Crippen LogP contribution in [-0.4, -0.2) is 124 Å². The van der Waals surface area contributed by atoms with Gasteiger partial charge in [-0.1, -0.05) is 0 Å². The van der Waals surface area contributed by atoms with Crippen LogP contribution >= 0.6 is 11.3 Å². The van der Waals surface area contributed by atoms with Crippen molar-refractivity contribution < 1.29 is 37.9 Å². The number of piperazine rings is 1. The number of carbonyl (C=O) groups excluding carboxylic acids is 5. The molecule has 2 atom stereocenters. The summed E-state index contributed by atoms with van der Waals surface area (Å²) >= 11 is 1.55. The van der Waals surface area contributed by atoms with Crippen LogP contribution in [0.25, 0.3) is 11.1 Å². The second-order valence-electron chi connectivity index (χ2n) is 18.7. The molecule has 0 radical (unpaired) electrons. The minimum absolute atomic E-state index is 0.0682. The fraction of sp³-hybridized carbons (Fsp3) is 0.412. The number of imide groups is 2. The van der Waals surface area contributed by atoms with Gasteiger partial charge >= 0.3 is 0 Å². The number of hydrogen-bond acceptors (Lipinski definition) is 15. The summed E-state index contributed by atoms with van der Waals surface area (Å²) in [5, 5.41) is 15.9. The summed E-state index contributed by atoms with van der Waals surface area (Å²) in [6.07, 6.45) is 11.7. The number of thiophene rings is 1. The smallest absolute Gasteiger partial charge is 0.269 e. The molecule has 5 aliphatic heterocycles. The van der Waals surface area contributed by atoms with Crippen LogP contribution in [-0.2, 0) is 35.5 Å². The maximum atomic E-state index is 14.4. The molecule has 1 aliphatic carbocycles. The average molecular weight is 954 g/mol. The minimum Gasteiger partial charge on any atom is -0.479 e. The third kappa shape index (κ3) is 8.07. The van der Waals surface area contributed by atoms with Gasteiger partial charge in [0.1, 0.15) is 23.4 Å². The number of rotatable bonds is 10. The van der Waals surface area contributed by atoms with Gasteiger partial charge in [-0.3, -0.25) is 49.0 Å². The number of piperidine rings is 2. The Morgan fingerprint density at radius 2 is 1.67 bits per heavy atom. The SMILES string of the molecule is [2H]C([2H])([2H])Oc1nc(N2CCc3c(sc4c3CCCC4)C2=O)c(-c2ccncc2CO)cc1Nc1ccc(N2CCN(C3CCN(c4ccc5c(c4)C(=O)N(C4CCC(=O)NC4=O)C5=O)CC3)C[C@@H]2C)cn1. The van der Waals surface area contributed by atoms with Crippen LogP contribution < -0.4 is 30.1 Å². The monoisotopic (exact) mass is 953 g/mol. The first-order valence-electron chi connectivity index (χ1n) is 25.3. The molecule has 4 aromatic heterocycles. The van der Waals surface area contributed by atoms with E-state index in [2.05, 4.69) is 37.2 Å². The first-order valence-corrected chi connectivity index (χ1v) is 24.6. The molecule has 17 nitrogen and oxygen atoms in total. The lowest BCUT2D eigenvalue weighted by atomic mass is 9.92. The maximum Gasteiger partial charge on any atom is 0.269 e. The van der Waals surface area contributed by atoms with E-state index >= 15 is 0 Å². The van der Waals surface area contributed by atoms with E-state index in [0.717, 1.165) is 93.1 Å². The van der Waals surface area contributed by atoms with Gasteiger partial charge in [0.2, 0.25) is 17.7 Å². The van der Waals surface area contributed by atoms with Gasteiger partial charge in [0.25, 0.3) is 17.7 Å². The van der Waals surface area contributed by atoms with Gasteiger partial charge in [-0.05, 0) is 117 Å². The molecule has 1 aromatic carbocycles. The summed E-state index contributed by atoms with van der Waals surface area (Å²) in [5.41, 5.74) is 6.53. The van der Waals surface area contributed by atoms with E-state index in [1.54, 1.807) is 59.1 Å². The van der Waals surface area contributed by atoms with Gasteiger partial charge in [0.15, 0.2) is 0 Å². The largest absolute Gasteiger partial charge is 0.479 e. The standard InChI is InChI=1S/C51H54N10O7S/c1-29-27-58(31-14-18-57(19-15-31)32-7-9-37-39(23-32)50(66)61(49(37)65)41-10-12-44(63)55-47(41)64)21-22-59(29)33-8-11-43(53-26-33)54-40-24-38(34-13-17-52-25-30(34)28-62)46(56-48(40)68-2)60-20-16-36-35-5-3-4-6-42(35)69-45(36)51(60)67/h7-9,11,13,17,23-26,29,31,41,62H,3-6,10,12,14-16,18-22,27-28H2,1-2H3,(H,53,54)(H,55,63,64)/t29-,41?/m0/s1/i2D3. The topological polar surface area (TPSA) is 194 Å². The van der Waals surface area contributed by atoms with Crippen molar-refractivity contribution in [3.8, 4) is 17.0 Å². The molecule has 3 saturated heterocycles. The van der Waals surface area contributed by atoms with Crippen molar-refractivity contribution in [1.29, 1.82) is 0 Å². The lowest BCUT2D eigenvalue weighted by Crippen LogP contribution is -2.57. The lowest BCUT2D eigenvalue weighted by molar-refractivity contribution is -0.136. The predicted molar refractivity (Wildman–Crippen MR) is 261 cm³/mol. The van der Waals surface area contributed by atoms with Crippen molar-refractivity contribution in [2.45, 2.75) is 89.4 Å². The fourth-order valence-corrected chi connectivity index (χ4v) is 12.6. The van der Waals surface area contributed by atoms with Gasteiger partial charge in [-0.2, -0.15) is 4.98 Å². The number of methoxy groups -OCH3 is 1. The van der Waals surface area contributed by atoms with Crippen molar-refractivity contribution in [1.82, 2.24) is 30.1 Å². The number of aromatic nitrogens is 3. The number of pyridine rings is 3. The van der Waals surface area contributed by atoms with E-state index in [-0.39, 0.29) is 59.9 Å². The van der Waals surface area contributed by atoms with Gasteiger partial charge in [0, 0.05) is 91.9 Å². The van der Waals surface area contributed by atoms with Crippen LogP contribution in [0, 0.1) is 0 Å². The summed E-state index contributed by atoms with van der Waals surface area (Å²) in [6.45, 7) is 6.21. The summed E-state index contributed by atoms with van der Waals surface area (Å²) in [7, 11) is -2.87. The van der Waals surface area contributed by atoms with Crippen molar-refractivity contribution in [2.75, 3.05) is 66.3 Å². The minimum atomic E-state index is -2.87. The highest BCUT2D eigenvalue weighted by molar-refractivity contribution is 7.14. The number of anilines is 5. The highest BCUT2D eigenvalue weighted by Crippen LogP contribution is 2.43. The molecule has 3 N–H and O–H groups in total. The number of aliphatic hydroxyl groups is 1. The first kappa shape index (κ1) is 41.2. The Kier molecular flexibility index (Phi) is 10.9. The van der Waals surface area contributed by atoms with Crippen LogP contribution in [0.2, 0.25) is 0 Å². The number of ether oxygens (including phenoxy) is 1. The van der Waals surface area contributed by atoms with E-state index in [1.165, 1.54) is 10.4 Å². The van der Waals surface area contributed by atoms with E-state index in [0.29, 0.717) is 46.4 Å². The number of carbonyl (C=O) groups is 5.